The summed E-state index contributed by atoms with van der Waals surface area (Å²) < 4.78 is 11.0. The Balaban J connectivity index is 1.62. The number of rotatable bonds is 4. The Hall–Kier alpha value is -3.12. The maximum absolute atomic E-state index is 13.1. The summed E-state index contributed by atoms with van der Waals surface area (Å²) in [5.41, 5.74) is 1.92. The highest BCUT2D eigenvalue weighted by atomic mass is 16.5. The Morgan fingerprint density at radius 2 is 1.70 bits per heavy atom. The van der Waals surface area contributed by atoms with Crippen LogP contribution in [0.5, 0.6) is 0 Å². The van der Waals surface area contributed by atoms with Crippen LogP contribution in [0.2, 0.25) is 0 Å². The lowest BCUT2D eigenvalue weighted by Gasteiger charge is -2.30. The van der Waals surface area contributed by atoms with Gasteiger partial charge in [-0.2, -0.15) is 0 Å². The van der Waals surface area contributed by atoms with Crippen LogP contribution in [0.25, 0.3) is 10.9 Å². The van der Waals surface area contributed by atoms with E-state index in [4.69, 9.17) is 9.47 Å². The lowest BCUT2D eigenvalue weighted by Crippen LogP contribution is -2.44. The van der Waals surface area contributed by atoms with E-state index < -0.39 is 12.1 Å². The molecule has 0 saturated carbocycles. The molecule has 4 rings (SSSR count). The number of nitrogens with one attached hydrogen (secondary N) is 1. The zero-order valence-electron chi connectivity index (χ0n) is 14.8. The number of carbonyl (C=O) groups excluding carboxylic acids is 2. The van der Waals surface area contributed by atoms with E-state index in [1.807, 2.05) is 42.5 Å². The molecule has 2 aromatic carbocycles. The van der Waals surface area contributed by atoms with Crippen molar-refractivity contribution in [3.63, 3.8) is 0 Å². The predicted molar refractivity (Wildman–Crippen MR) is 100 cm³/mol. The highest BCUT2D eigenvalue weighted by molar-refractivity contribution is 6.04. The van der Waals surface area contributed by atoms with Gasteiger partial charge in [0.15, 0.2) is 0 Å². The van der Waals surface area contributed by atoms with Crippen molar-refractivity contribution in [2.75, 3.05) is 26.3 Å². The molecule has 1 N–H and O–H groups in total. The molecule has 1 atom stereocenters. The third-order valence-corrected chi connectivity index (χ3v) is 4.68. The van der Waals surface area contributed by atoms with Crippen molar-refractivity contribution in [3.8, 4) is 0 Å². The molecule has 0 bridgehead atoms. The molecule has 6 nitrogen and oxygen atoms in total. The van der Waals surface area contributed by atoms with Gasteiger partial charge in [0, 0.05) is 35.8 Å². The maximum Gasteiger partial charge on any atom is 0.341 e. The van der Waals surface area contributed by atoms with Gasteiger partial charge in [0.1, 0.15) is 0 Å². The van der Waals surface area contributed by atoms with Gasteiger partial charge in [-0.05, 0) is 6.07 Å². The minimum absolute atomic E-state index is 0.224. The SMILES string of the molecule is O=C(O[C@H](C(=O)N1CCOCC1)c1ccccc1)c1c[nH]c2ccccc12. The minimum atomic E-state index is -0.981. The number of benzene rings is 2. The molecular weight excluding hydrogens is 344 g/mol. The zero-order valence-corrected chi connectivity index (χ0v) is 14.8. The lowest BCUT2D eigenvalue weighted by molar-refractivity contribution is -0.145. The van der Waals surface area contributed by atoms with Gasteiger partial charge in [-0.25, -0.2) is 4.79 Å². The van der Waals surface area contributed by atoms with Crippen molar-refractivity contribution < 1.29 is 19.1 Å². The molecule has 1 aliphatic heterocycles. The maximum atomic E-state index is 13.1. The standard InChI is InChI=1S/C21H20N2O4/c24-20(23-10-12-26-13-11-23)19(15-6-2-1-3-7-15)27-21(25)17-14-22-18-9-5-4-8-16(17)18/h1-9,14,19,22H,10-13H2/t19-/m0/s1. The molecule has 0 radical (unpaired) electrons. The van der Waals surface area contributed by atoms with Crippen LogP contribution in [0, 0.1) is 0 Å². The topological polar surface area (TPSA) is 71.6 Å². The van der Waals surface area contributed by atoms with Crippen LogP contribution in [-0.4, -0.2) is 48.1 Å². The number of fused-ring (bicyclic) bond motifs is 1. The molecule has 6 heteroatoms. The van der Waals surface area contributed by atoms with Gasteiger partial charge in [0.05, 0.1) is 18.8 Å². The number of H-pyrrole nitrogens is 1. The van der Waals surface area contributed by atoms with Crippen LogP contribution < -0.4 is 0 Å². The van der Waals surface area contributed by atoms with E-state index in [0.717, 1.165) is 10.9 Å². The minimum Gasteiger partial charge on any atom is -0.444 e. The van der Waals surface area contributed by atoms with Crippen LogP contribution in [0.1, 0.15) is 22.0 Å². The number of nitrogens with zero attached hydrogens (tertiary/aromatic N) is 1. The summed E-state index contributed by atoms with van der Waals surface area (Å²) in [6.45, 7) is 1.97. The van der Waals surface area contributed by atoms with Crippen molar-refractivity contribution in [1.29, 1.82) is 0 Å². The molecule has 0 spiro atoms. The molecule has 0 aliphatic carbocycles. The second-order valence-corrected chi connectivity index (χ2v) is 6.38. The largest absolute Gasteiger partial charge is 0.444 e. The molecule has 3 aromatic rings. The van der Waals surface area contributed by atoms with Crippen LogP contribution in [0.4, 0.5) is 0 Å². The lowest BCUT2D eigenvalue weighted by atomic mass is 10.1. The van der Waals surface area contributed by atoms with Crippen LogP contribution >= 0.6 is 0 Å². The summed E-state index contributed by atoms with van der Waals surface area (Å²) in [5, 5.41) is 0.771. The number of hydrogen-bond acceptors (Lipinski definition) is 4. The molecule has 1 aromatic heterocycles. The third kappa shape index (κ3) is 3.57. The first-order valence-electron chi connectivity index (χ1n) is 8.92. The number of amides is 1. The van der Waals surface area contributed by atoms with Crippen molar-refractivity contribution in [1.82, 2.24) is 9.88 Å². The monoisotopic (exact) mass is 364 g/mol. The van der Waals surface area contributed by atoms with E-state index in [1.54, 1.807) is 23.2 Å². The molecule has 0 unspecified atom stereocenters. The summed E-state index contributed by atoms with van der Waals surface area (Å²) >= 11 is 0. The smallest absolute Gasteiger partial charge is 0.341 e. The van der Waals surface area contributed by atoms with Crippen LogP contribution in [0.3, 0.4) is 0 Å². The molecule has 1 amide bonds. The van der Waals surface area contributed by atoms with E-state index in [9.17, 15) is 9.59 Å². The van der Waals surface area contributed by atoms with Crippen molar-refractivity contribution in [2.24, 2.45) is 0 Å². The van der Waals surface area contributed by atoms with Crippen molar-refractivity contribution >= 4 is 22.8 Å². The van der Waals surface area contributed by atoms with Crippen LogP contribution in [0.15, 0.2) is 60.8 Å². The number of aromatic amines is 1. The molecular formula is C21H20N2O4. The van der Waals surface area contributed by atoms with Crippen LogP contribution in [-0.2, 0) is 14.3 Å². The Bertz CT molecular complexity index is 945. The van der Waals surface area contributed by atoms with Gasteiger partial charge < -0.3 is 19.4 Å². The summed E-state index contributed by atoms with van der Waals surface area (Å²) in [4.78, 5) is 30.7. The van der Waals surface area contributed by atoms with Gasteiger partial charge in [-0.3, -0.25) is 4.79 Å². The van der Waals surface area contributed by atoms with Gasteiger partial charge >= 0.3 is 5.97 Å². The molecule has 1 aliphatic rings. The second kappa shape index (κ2) is 7.63. The molecule has 2 heterocycles. The van der Waals surface area contributed by atoms with E-state index in [1.165, 1.54) is 0 Å². The van der Waals surface area contributed by atoms with Gasteiger partial charge in [-0.1, -0.05) is 48.5 Å². The number of morpholine rings is 1. The van der Waals surface area contributed by atoms with E-state index >= 15 is 0 Å². The van der Waals surface area contributed by atoms with Crippen molar-refractivity contribution in [2.45, 2.75) is 6.10 Å². The molecule has 27 heavy (non-hydrogen) atoms. The zero-order chi connectivity index (χ0) is 18.6. The highest BCUT2D eigenvalue weighted by Crippen LogP contribution is 2.25. The Morgan fingerprint density at radius 1 is 1.00 bits per heavy atom. The summed E-state index contributed by atoms with van der Waals surface area (Å²) in [7, 11) is 0. The molecule has 1 fully saturated rings. The third-order valence-electron chi connectivity index (χ3n) is 4.68. The Kier molecular flexibility index (Phi) is 4.89. The first-order chi connectivity index (χ1) is 13.2. The predicted octanol–water partition coefficient (Wildman–Crippen LogP) is 2.92. The first kappa shape index (κ1) is 17.3. The normalized spacial score (nSPS) is 15.5. The average molecular weight is 364 g/mol. The Morgan fingerprint density at radius 3 is 2.48 bits per heavy atom. The number of para-hydroxylation sites is 1. The number of aromatic nitrogens is 1. The van der Waals surface area contributed by atoms with Gasteiger partial charge in [-0.15, -0.1) is 0 Å². The van der Waals surface area contributed by atoms with Crippen molar-refractivity contribution in [3.05, 3.63) is 71.9 Å². The number of carbonyl (C=O) groups is 2. The van der Waals surface area contributed by atoms with Gasteiger partial charge in [0.25, 0.3) is 5.91 Å². The number of esters is 1. The summed E-state index contributed by atoms with van der Waals surface area (Å²) in [6, 6.07) is 16.6. The van der Waals surface area contributed by atoms with E-state index in [2.05, 4.69) is 4.98 Å². The van der Waals surface area contributed by atoms with E-state index in [0.29, 0.717) is 37.4 Å². The first-order valence-corrected chi connectivity index (χ1v) is 8.92. The second-order valence-electron chi connectivity index (χ2n) is 6.38. The molecule has 1 saturated heterocycles. The average Bonchev–Trinajstić information content (AvgIpc) is 3.17. The Labute approximate surface area is 156 Å². The number of ether oxygens (including phenoxy) is 2. The molecule has 138 valence electrons. The fourth-order valence-corrected chi connectivity index (χ4v) is 3.25. The number of hydrogen-bond donors (Lipinski definition) is 1. The fraction of sp³-hybridized carbons (Fsp3) is 0.238. The fourth-order valence-electron chi connectivity index (χ4n) is 3.25. The summed E-state index contributed by atoms with van der Waals surface area (Å²) in [5.74, 6) is -0.749. The summed E-state index contributed by atoms with van der Waals surface area (Å²) in [6.07, 6.45) is 0.638. The van der Waals surface area contributed by atoms with Gasteiger partial charge in [0.2, 0.25) is 6.10 Å². The highest BCUT2D eigenvalue weighted by Gasteiger charge is 2.31. The van der Waals surface area contributed by atoms with E-state index in [-0.39, 0.29) is 5.91 Å². The quantitative estimate of drug-likeness (QED) is 0.723.